The number of hydrogen-bond acceptors (Lipinski definition) is 7. The number of nitrogens with zero attached hydrogens (tertiary/aromatic N) is 2. The molecule has 9 nitrogen and oxygen atoms in total. The summed E-state index contributed by atoms with van der Waals surface area (Å²) in [5.41, 5.74) is 6.43. The van der Waals surface area contributed by atoms with Gasteiger partial charge in [-0.1, -0.05) is 60.7 Å². The first kappa shape index (κ1) is 24.2. The molecule has 0 saturated carbocycles. The number of rotatable bonds is 8. The molecule has 0 amide bonds. The maximum atomic E-state index is 13.0. The Balaban J connectivity index is 1.56. The highest BCUT2D eigenvalue weighted by Crippen LogP contribution is 2.21. The van der Waals surface area contributed by atoms with Gasteiger partial charge in [0.2, 0.25) is 5.78 Å². The third-order valence-corrected chi connectivity index (χ3v) is 5.58. The summed E-state index contributed by atoms with van der Waals surface area (Å²) in [4.78, 5) is 51.2. The summed E-state index contributed by atoms with van der Waals surface area (Å²) in [5, 5.41) is 3.14. The first-order valence-corrected chi connectivity index (χ1v) is 11.1. The summed E-state index contributed by atoms with van der Waals surface area (Å²) < 4.78 is 7.20. The Bertz CT molecular complexity index is 1530. The molecule has 0 atom stereocenters. The smallest absolute Gasteiger partial charge is 0.340 e. The molecule has 0 spiro atoms. The van der Waals surface area contributed by atoms with Gasteiger partial charge in [0.15, 0.2) is 6.61 Å². The van der Waals surface area contributed by atoms with Gasteiger partial charge in [-0.2, -0.15) is 0 Å². The van der Waals surface area contributed by atoms with E-state index >= 15 is 0 Å². The number of Topliss-reactive ketones (excluding diaryl/α,β-unsaturated/α-hetero) is 1. The highest BCUT2D eigenvalue weighted by Gasteiger charge is 2.23. The molecule has 9 heteroatoms. The lowest BCUT2D eigenvalue weighted by atomic mass is 10.1. The van der Waals surface area contributed by atoms with E-state index in [1.807, 2.05) is 36.4 Å². The van der Waals surface area contributed by atoms with Crippen molar-refractivity contribution >= 4 is 28.9 Å². The number of nitrogens with one attached hydrogen (secondary N) is 1. The van der Waals surface area contributed by atoms with Gasteiger partial charge in [0.1, 0.15) is 11.4 Å². The number of benzene rings is 3. The van der Waals surface area contributed by atoms with E-state index in [0.717, 1.165) is 20.4 Å². The zero-order valence-corrected chi connectivity index (χ0v) is 19.5. The van der Waals surface area contributed by atoms with Crippen LogP contribution in [-0.4, -0.2) is 27.5 Å². The minimum Gasteiger partial charge on any atom is -0.454 e. The normalized spacial score (nSPS) is 10.6. The molecule has 4 aromatic rings. The molecule has 0 aliphatic heterocycles. The molecule has 0 radical (unpaired) electrons. The molecule has 0 unspecified atom stereocenters. The van der Waals surface area contributed by atoms with Crippen LogP contribution in [0, 0.1) is 0 Å². The van der Waals surface area contributed by atoms with Gasteiger partial charge in [0.05, 0.1) is 17.8 Å². The first-order chi connectivity index (χ1) is 17.4. The van der Waals surface area contributed by atoms with E-state index in [1.54, 1.807) is 48.5 Å². The van der Waals surface area contributed by atoms with Crippen LogP contribution >= 0.6 is 0 Å². The van der Waals surface area contributed by atoms with Crippen LogP contribution in [0.3, 0.4) is 0 Å². The van der Waals surface area contributed by atoms with Crippen molar-refractivity contribution in [2.75, 3.05) is 17.7 Å². The van der Waals surface area contributed by atoms with Crippen LogP contribution in [-0.2, 0) is 18.3 Å². The fourth-order valence-corrected chi connectivity index (χ4v) is 3.69. The molecule has 3 aromatic carbocycles. The second-order valence-corrected chi connectivity index (χ2v) is 8.01. The van der Waals surface area contributed by atoms with Gasteiger partial charge in [0.25, 0.3) is 5.56 Å². The zero-order chi connectivity index (χ0) is 25.7. The van der Waals surface area contributed by atoms with Crippen molar-refractivity contribution < 1.29 is 14.3 Å². The minimum absolute atomic E-state index is 0.0677. The Labute approximate surface area is 206 Å². The van der Waals surface area contributed by atoms with Crippen LogP contribution in [0.5, 0.6) is 0 Å². The summed E-state index contributed by atoms with van der Waals surface area (Å²) in [6, 6.07) is 25.0. The van der Waals surface area contributed by atoms with Crippen LogP contribution in [0.4, 0.5) is 17.2 Å². The summed E-state index contributed by atoms with van der Waals surface area (Å²) in [5.74, 6) is -1.84. The third kappa shape index (κ3) is 5.10. The third-order valence-electron chi connectivity index (χ3n) is 5.58. The van der Waals surface area contributed by atoms with Crippen molar-refractivity contribution in [1.82, 2.24) is 9.13 Å². The van der Waals surface area contributed by atoms with Crippen LogP contribution in [0.1, 0.15) is 26.3 Å². The Kier molecular flexibility index (Phi) is 7.10. The number of esters is 1. The molecular formula is C27H24N4O5. The van der Waals surface area contributed by atoms with Gasteiger partial charge in [-0.05, 0) is 29.8 Å². The fourth-order valence-electron chi connectivity index (χ4n) is 3.69. The highest BCUT2D eigenvalue weighted by molar-refractivity contribution is 6.03. The summed E-state index contributed by atoms with van der Waals surface area (Å²) in [6.45, 7) is -0.653. The largest absolute Gasteiger partial charge is 0.454 e. The molecule has 0 aliphatic rings. The Morgan fingerprint density at radius 2 is 1.50 bits per heavy atom. The van der Waals surface area contributed by atoms with E-state index in [9.17, 15) is 19.2 Å². The molecule has 3 N–H and O–H groups in total. The van der Waals surface area contributed by atoms with E-state index in [-0.39, 0.29) is 17.9 Å². The molecule has 0 fully saturated rings. The first-order valence-electron chi connectivity index (χ1n) is 11.1. The van der Waals surface area contributed by atoms with E-state index in [1.165, 1.54) is 7.05 Å². The number of para-hydroxylation sites is 2. The molecule has 0 bridgehead atoms. The lowest BCUT2D eigenvalue weighted by Gasteiger charge is -2.15. The van der Waals surface area contributed by atoms with Crippen LogP contribution in [0.25, 0.3) is 0 Å². The fraction of sp³-hybridized carbons (Fsp3) is 0.111. The van der Waals surface area contributed by atoms with Gasteiger partial charge in [-0.25, -0.2) is 9.59 Å². The summed E-state index contributed by atoms with van der Waals surface area (Å²) >= 11 is 0. The number of anilines is 3. The number of nitrogen functional groups attached to an aromatic ring is 1. The van der Waals surface area contributed by atoms with Gasteiger partial charge in [0, 0.05) is 12.7 Å². The number of hydrogen-bond donors (Lipinski definition) is 2. The van der Waals surface area contributed by atoms with Gasteiger partial charge >= 0.3 is 11.7 Å². The molecule has 4 rings (SSSR count). The number of ketones is 1. The zero-order valence-electron chi connectivity index (χ0n) is 19.5. The Morgan fingerprint density at radius 3 is 2.19 bits per heavy atom. The quantitative estimate of drug-likeness (QED) is 0.291. The average molecular weight is 485 g/mol. The van der Waals surface area contributed by atoms with Gasteiger partial charge in [-0.15, -0.1) is 0 Å². The number of carbonyl (C=O) groups is 2. The van der Waals surface area contributed by atoms with Crippen molar-refractivity contribution in [3.8, 4) is 0 Å². The molecule has 36 heavy (non-hydrogen) atoms. The number of aromatic nitrogens is 2. The molecule has 1 heterocycles. The molecule has 0 aliphatic carbocycles. The maximum absolute atomic E-state index is 13.0. The molecule has 182 valence electrons. The number of nitrogens with two attached hydrogens (primary N) is 1. The minimum atomic E-state index is -0.853. The summed E-state index contributed by atoms with van der Waals surface area (Å²) in [7, 11) is 1.26. The molecule has 0 saturated heterocycles. The van der Waals surface area contributed by atoms with E-state index < -0.39 is 35.2 Å². The predicted molar refractivity (Wildman–Crippen MR) is 137 cm³/mol. The monoisotopic (exact) mass is 484 g/mol. The van der Waals surface area contributed by atoms with Crippen molar-refractivity contribution in [2.45, 2.75) is 6.54 Å². The van der Waals surface area contributed by atoms with Gasteiger partial charge < -0.3 is 15.8 Å². The van der Waals surface area contributed by atoms with Gasteiger partial charge in [-0.3, -0.25) is 18.7 Å². The number of ether oxygens (including phenoxy) is 1. The predicted octanol–water partition coefficient (Wildman–Crippen LogP) is 2.96. The Morgan fingerprint density at radius 1 is 0.889 bits per heavy atom. The van der Waals surface area contributed by atoms with E-state index in [0.29, 0.717) is 5.69 Å². The van der Waals surface area contributed by atoms with Crippen molar-refractivity contribution in [3.63, 3.8) is 0 Å². The van der Waals surface area contributed by atoms with Crippen LogP contribution in [0.15, 0.2) is 94.5 Å². The summed E-state index contributed by atoms with van der Waals surface area (Å²) in [6.07, 6.45) is 0. The standard InChI is InChI=1S/C27H24N4O5/c1-30-25(33)23(24(28)31(27(30)35)16-18-10-4-2-5-11-18)22(32)17-36-26(34)20-14-8-9-15-21(20)29-19-12-6-3-7-13-19/h2-15,29H,16-17,28H2,1H3. The SMILES string of the molecule is Cn1c(=O)c(C(=O)COC(=O)c2ccccc2Nc2ccccc2)c(N)n(Cc2ccccc2)c1=O. The van der Waals surface area contributed by atoms with Crippen molar-refractivity contribution in [1.29, 1.82) is 0 Å². The van der Waals surface area contributed by atoms with Crippen molar-refractivity contribution in [3.05, 3.63) is 122 Å². The topological polar surface area (TPSA) is 125 Å². The molecule has 1 aromatic heterocycles. The second-order valence-electron chi connectivity index (χ2n) is 8.01. The average Bonchev–Trinajstić information content (AvgIpc) is 2.90. The van der Waals surface area contributed by atoms with E-state index in [4.69, 9.17) is 10.5 Å². The van der Waals surface area contributed by atoms with Crippen LogP contribution in [0.2, 0.25) is 0 Å². The second kappa shape index (κ2) is 10.6. The maximum Gasteiger partial charge on any atom is 0.340 e. The van der Waals surface area contributed by atoms with Crippen molar-refractivity contribution in [2.24, 2.45) is 7.05 Å². The van der Waals surface area contributed by atoms with E-state index in [2.05, 4.69) is 5.32 Å². The molecular weight excluding hydrogens is 460 g/mol. The highest BCUT2D eigenvalue weighted by atomic mass is 16.5. The Hall–Kier alpha value is -4.92. The lowest BCUT2D eigenvalue weighted by Crippen LogP contribution is -2.43. The van der Waals surface area contributed by atoms with Crippen LogP contribution < -0.4 is 22.3 Å². The lowest BCUT2D eigenvalue weighted by molar-refractivity contribution is 0.0475. The number of carbonyl (C=O) groups excluding carboxylic acids is 2.